The van der Waals surface area contributed by atoms with Crippen LogP contribution in [0.3, 0.4) is 0 Å². The number of nitrogens with two attached hydrogens (primary N) is 1. The number of ether oxygens (including phenoxy) is 1. The number of halogens is 1. The van der Waals surface area contributed by atoms with Gasteiger partial charge in [-0.15, -0.1) is 0 Å². The number of benzene rings is 1. The van der Waals surface area contributed by atoms with Crippen LogP contribution in [0.15, 0.2) is 28.7 Å². The van der Waals surface area contributed by atoms with Crippen molar-refractivity contribution < 1.29 is 4.74 Å². The van der Waals surface area contributed by atoms with E-state index in [2.05, 4.69) is 21.0 Å². The Hall–Kier alpha value is -1.82. The number of nitrogens with one attached hydrogen (secondary N) is 1. The number of hydrogen-bond acceptors (Lipinski definition) is 3. The first-order chi connectivity index (χ1) is 8.49. The smallest absolute Gasteiger partial charge is 0.228 e. The minimum absolute atomic E-state index is 0.0504. The van der Waals surface area contributed by atoms with Crippen molar-refractivity contribution in [3.63, 3.8) is 0 Å². The lowest BCUT2D eigenvalue weighted by molar-refractivity contribution is 0.429. The quantitative estimate of drug-likeness (QED) is 0.676. The van der Waals surface area contributed by atoms with Crippen molar-refractivity contribution in [1.82, 2.24) is 9.78 Å². The van der Waals surface area contributed by atoms with Crippen LogP contribution < -0.4 is 10.5 Å². The third-order valence-electron chi connectivity index (χ3n) is 2.45. The van der Waals surface area contributed by atoms with Crippen LogP contribution >= 0.6 is 15.9 Å². The maximum absolute atomic E-state index is 7.57. The van der Waals surface area contributed by atoms with Gasteiger partial charge in [0.25, 0.3) is 0 Å². The van der Waals surface area contributed by atoms with Crippen molar-refractivity contribution in [1.29, 1.82) is 5.41 Å². The van der Waals surface area contributed by atoms with E-state index in [0.717, 1.165) is 4.47 Å². The van der Waals surface area contributed by atoms with E-state index < -0.39 is 0 Å². The van der Waals surface area contributed by atoms with Gasteiger partial charge in [-0.05, 0) is 25.1 Å². The summed E-state index contributed by atoms with van der Waals surface area (Å²) < 4.78 is 8.25. The molecule has 0 atom stereocenters. The number of rotatable bonds is 3. The van der Waals surface area contributed by atoms with E-state index in [1.165, 1.54) is 0 Å². The van der Waals surface area contributed by atoms with Gasteiger partial charge in [-0.2, -0.15) is 5.10 Å². The fourth-order valence-electron chi connectivity index (χ4n) is 1.71. The molecule has 0 bridgehead atoms. The van der Waals surface area contributed by atoms with Gasteiger partial charge in [-0.25, -0.2) is 4.68 Å². The van der Waals surface area contributed by atoms with Gasteiger partial charge in [-0.3, -0.25) is 5.41 Å². The second kappa shape index (κ2) is 4.81. The zero-order valence-corrected chi connectivity index (χ0v) is 11.7. The van der Waals surface area contributed by atoms with E-state index in [4.69, 9.17) is 15.9 Å². The van der Waals surface area contributed by atoms with Gasteiger partial charge in [0.2, 0.25) is 5.88 Å². The highest BCUT2D eigenvalue weighted by molar-refractivity contribution is 9.10. The standard InChI is InChI=1S/C12H13BrN4O/c1-7-10(11(14)15)12(17(2)16-7)18-9-5-3-4-8(13)6-9/h3-6H,1-2H3,(H3,14,15). The molecule has 2 aromatic rings. The van der Waals surface area contributed by atoms with Crippen LogP contribution in [0.25, 0.3) is 0 Å². The highest BCUT2D eigenvalue weighted by atomic mass is 79.9. The first kappa shape index (κ1) is 12.6. The fraction of sp³-hybridized carbons (Fsp3) is 0.167. The molecule has 18 heavy (non-hydrogen) atoms. The summed E-state index contributed by atoms with van der Waals surface area (Å²) in [5.74, 6) is 1.08. The monoisotopic (exact) mass is 308 g/mol. The minimum atomic E-state index is -0.0504. The lowest BCUT2D eigenvalue weighted by Crippen LogP contribution is -2.13. The van der Waals surface area contributed by atoms with Gasteiger partial charge in [0.15, 0.2) is 0 Å². The van der Waals surface area contributed by atoms with Crippen molar-refractivity contribution in [3.8, 4) is 11.6 Å². The van der Waals surface area contributed by atoms with Gasteiger partial charge in [0.05, 0.1) is 5.69 Å². The van der Waals surface area contributed by atoms with Gasteiger partial charge < -0.3 is 10.5 Å². The number of amidine groups is 1. The van der Waals surface area contributed by atoms with E-state index >= 15 is 0 Å². The molecule has 2 rings (SSSR count). The van der Waals surface area contributed by atoms with E-state index in [1.807, 2.05) is 24.3 Å². The summed E-state index contributed by atoms with van der Waals surface area (Å²) in [5.41, 5.74) is 6.75. The molecule has 6 heteroatoms. The Labute approximate surface area is 113 Å². The molecule has 5 nitrogen and oxygen atoms in total. The molecule has 0 spiro atoms. The van der Waals surface area contributed by atoms with Gasteiger partial charge in [0, 0.05) is 11.5 Å². The second-order valence-electron chi connectivity index (χ2n) is 3.86. The molecule has 1 aromatic heterocycles. The van der Waals surface area contributed by atoms with Crippen LogP contribution in [-0.4, -0.2) is 15.6 Å². The molecule has 0 saturated heterocycles. The van der Waals surface area contributed by atoms with E-state index in [0.29, 0.717) is 22.9 Å². The zero-order chi connectivity index (χ0) is 13.3. The normalized spacial score (nSPS) is 10.4. The second-order valence-corrected chi connectivity index (χ2v) is 4.78. The van der Waals surface area contributed by atoms with E-state index in [9.17, 15) is 0 Å². The summed E-state index contributed by atoms with van der Waals surface area (Å²) in [4.78, 5) is 0. The number of hydrogen-bond donors (Lipinski definition) is 2. The molecule has 0 amide bonds. The predicted molar refractivity (Wildman–Crippen MR) is 73.2 cm³/mol. The van der Waals surface area contributed by atoms with Crippen LogP contribution in [-0.2, 0) is 7.05 Å². The molecular formula is C12H13BrN4O. The summed E-state index contributed by atoms with van der Waals surface area (Å²) in [5, 5.41) is 11.8. The van der Waals surface area contributed by atoms with Crippen LogP contribution in [0.2, 0.25) is 0 Å². The van der Waals surface area contributed by atoms with Crippen molar-refractivity contribution in [2.75, 3.05) is 0 Å². The van der Waals surface area contributed by atoms with Crippen LogP contribution in [0, 0.1) is 12.3 Å². The highest BCUT2D eigenvalue weighted by Crippen LogP contribution is 2.28. The average Bonchev–Trinajstić information content (AvgIpc) is 2.53. The van der Waals surface area contributed by atoms with E-state index in [1.54, 1.807) is 18.7 Å². The summed E-state index contributed by atoms with van der Waals surface area (Å²) >= 11 is 3.38. The van der Waals surface area contributed by atoms with Crippen molar-refractivity contribution >= 4 is 21.8 Å². The molecule has 0 radical (unpaired) electrons. The Balaban J connectivity index is 2.43. The molecule has 1 heterocycles. The minimum Gasteiger partial charge on any atom is -0.438 e. The van der Waals surface area contributed by atoms with Gasteiger partial charge in [0.1, 0.15) is 17.1 Å². The molecule has 0 aliphatic rings. The number of nitrogen functional groups attached to an aromatic ring is 1. The predicted octanol–water partition coefficient (Wildman–Crippen LogP) is 2.57. The fourth-order valence-corrected chi connectivity index (χ4v) is 2.08. The molecule has 0 aliphatic heterocycles. The molecule has 94 valence electrons. The molecular weight excluding hydrogens is 296 g/mol. The molecule has 0 aliphatic carbocycles. The largest absolute Gasteiger partial charge is 0.438 e. The SMILES string of the molecule is Cc1nn(C)c(Oc2cccc(Br)c2)c1C(=N)N. The van der Waals surface area contributed by atoms with Crippen molar-refractivity contribution in [3.05, 3.63) is 40.0 Å². The van der Waals surface area contributed by atoms with Crippen LogP contribution in [0.5, 0.6) is 11.6 Å². The van der Waals surface area contributed by atoms with Crippen LogP contribution in [0.1, 0.15) is 11.3 Å². The van der Waals surface area contributed by atoms with Gasteiger partial charge >= 0.3 is 0 Å². The van der Waals surface area contributed by atoms with Crippen molar-refractivity contribution in [2.24, 2.45) is 12.8 Å². The lowest BCUT2D eigenvalue weighted by atomic mass is 10.2. The molecule has 0 saturated carbocycles. The average molecular weight is 309 g/mol. The van der Waals surface area contributed by atoms with Crippen molar-refractivity contribution in [2.45, 2.75) is 6.92 Å². The zero-order valence-electron chi connectivity index (χ0n) is 10.1. The maximum Gasteiger partial charge on any atom is 0.228 e. The lowest BCUT2D eigenvalue weighted by Gasteiger charge is -2.08. The first-order valence-corrected chi connectivity index (χ1v) is 6.09. The summed E-state index contributed by atoms with van der Waals surface area (Å²) in [6.45, 7) is 1.80. The van der Waals surface area contributed by atoms with Crippen LogP contribution in [0.4, 0.5) is 0 Å². The number of nitrogens with zero attached hydrogens (tertiary/aromatic N) is 2. The third-order valence-corrected chi connectivity index (χ3v) is 2.94. The Morgan fingerprint density at radius 2 is 2.22 bits per heavy atom. The molecule has 3 N–H and O–H groups in total. The Kier molecular flexibility index (Phi) is 3.38. The Bertz CT molecular complexity index is 606. The first-order valence-electron chi connectivity index (χ1n) is 5.30. The topological polar surface area (TPSA) is 76.9 Å². The Morgan fingerprint density at radius 3 is 2.83 bits per heavy atom. The summed E-state index contributed by atoms with van der Waals surface area (Å²) in [6, 6.07) is 7.45. The Morgan fingerprint density at radius 1 is 1.50 bits per heavy atom. The van der Waals surface area contributed by atoms with E-state index in [-0.39, 0.29) is 5.84 Å². The maximum atomic E-state index is 7.57. The highest BCUT2D eigenvalue weighted by Gasteiger charge is 2.17. The molecule has 0 fully saturated rings. The molecule has 1 aromatic carbocycles. The molecule has 0 unspecified atom stereocenters. The third kappa shape index (κ3) is 2.38. The number of aryl methyl sites for hydroxylation is 2. The number of aromatic nitrogens is 2. The summed E-state index contributed by atoms with van der Waals surface area (Å²) in [7, 11) is 1.76. The van der Waals surface area contributed by atoms with Gasteiger partial charge in [-0.1, -0.05) is 22.0 Å². The summed E-state index contributed by atoms with van der Waals surface area (Å²) in [6.07, 6.45) is 0.